The number of aromatic nitrogens is 3. The Morgan fingerprint density at radius 3 is 2.59 bits per heavy atom. The van der Waals surface area contributed by atoms with E-state index in [0.717, 1.165) is 39.2 Å². The van der Waals surface area contributed by atoms with Crippen molar-refractivity contribution in [3.63, 3.8) is 0 Å². The Hall–Kier alpha value is -3.26. The SMILES string of the molecule is CC.CCSNc1ccc(-c2nn(C)c3ccnc(N)c23)cc1OCc1ccc(F)cc1. The third-order valence-corrected chi connectivity index (χ3v) is 5.34. The summed E-state index contributed by atoms with van der Waals surface area (Å²) in [5.74, 6) is 1.76. The highest BCUT2D eigenvalue weighted by atomic mass is 32.2. The molecule has 2 heterocycles. The summed E-state index contributed by atoms with van der Waals surface area (Å²) in [4.78, 5) is 4.22. The van der Waals surface area contributed by atoms with Crippen molar-refractivity contribution in [2.45, 2.75) is 27.4 Å². The number of nitrogens with two attached hydrogens (primary N) is 1. The van der Waals surface area contributed by atoms with Crippen LogP contribution in [-0.2, 0) is 13.7 Å². The monoisotopic (exact) mass is 453 g/mol. The Morgan fingerprint density at radius 1 is 1.12 bits per heavy atom. The molecule has 0 spiro atoms. The van der Waals surface area contributed by atoms with Crippen LogP contribution in [0.5, 0.6) is 5.75 Å². The lowest BCUT2D eigenvalue weighted by Gasteiger charge is -2.14. The summed E-state index contributed by atoms with van der Waals surface area (Å²) >= 11 is 1.58. The summed E-state index contributed by atoms with van der Waals surface area (Å²) in [6.45, 7) is 6.39. The van der Waals surface area contributed by atoms with Crippen LogP contribution in [0.4, 0.5) is 15.9 Å². The van der Waals surface area contributed by atoms with Crippen molar-refractivity contribution < 1.29 is 9.13 Å². The Labute approximate surface area is 192 Å². The highest BCUT2D eigenvalue weighted by Crippen LogP contribution is 2.36. The van der Waals surface area contributed by atoms with Gasteiger partial charge in [0, 0.05) is 24.6 Å². The molecule has 0 unspecified atom stereocenters. The molecule has 0 aliphatic heterocycles. The highest BCUT2D eigenvalue weighted by Gasteiger charge is 2.16. The molecule has 4 rings (SSSR count). The molecule has 0 fully saturated rings. The van der Waals surface area contributed by atoms with Gasteiger partial charge in [0.05, 0.1) is 16.6 Å². The van der Waals surface area contributed by atoms with Crippen LogP contribution in [0.3, 0.4) is 0 Å². The van der Waals surface area contributed by atoms with Crippen LogP contribution in [0, 0.1) is 5.82 Å². The minimum atomic E-state index is -0.268. The number of pyridine rings is 1. The Balaban J connectivity index is 0.00000141. The molecule has 0 radical (unpaired) electrons. The fourth-order valence-corrected chi connectivity index (χ4v) is 3.67. The number of anilines is 2. The van der Waals surface area contributed by atoms with E-state index < -0.39 is 0 Å². The van der Waals surface area contributed by atoms with Crippen molar-refractivity contribution in [3.05, 3.63) is 66.1 Å². The fraction of sp³-hybridized carbons (Fsp3) is 0.250. The summed E-state index contributed by atoms with van der Waals surface area (Å²) in [6.07, 6.45) is 1.68. The summed E-state index contributed by atoms with van der Waals surface area (Å²) in [5.41, 5.74) is 10.4. The van der Waals surface area contributed by atoms with Gasteiger partial charge in [-0.25, -0.2) is 9.37 Å². The minimum Gasteiger partial charge on any atom is -0.487 e. The van der Waals surface area contributed by atoms with Crippen LogP contribution in [-0.4, -0.2) is 20.5 Å². The molecule has 0 bridgehead atoms. The fourth-order valence-electron chi connectivity index (χ4n) is 3.20. The van der Waals surface area contributed by atoms with Gasteiger partial charge in [0.25, 0.3) is 0 Å². The van der Waals surface area contributed by atoms with E-state index in [-0.39, 0.29) is 5.82 Å². The number of hydrogen-bond donors (Lipinski definition) is 2. The zero-order chi connectivity index (χ0) is 23.1. The number of ether oxygens (including phenoxy) is 1. The van der Waals surface area contributed by atoms with Gasteiger partial charge in [0.15, 0.2) is 0 Å². The largest absolute Gasteiger partial charge is 0.487 e. The normalized spacial score (nSPS) is 10.5. The third-order valence-electron chi connectivity index (χ3n) is 4.68. The second-order valence-electron chi connectivity index (χ2n) is 6.72. The highest BCUT2D eigenvalue weighted by molar-refractivity contribution is 8.00. The van der Waals surface area contributed by atoms with Gasteiger partial charge in [-0.05, 0) is 35.9 Å². The number of benzene rings is 2. The molecule has 168 valence electrons. The van der Waals surface area contributed by atoms with Crippen LogP contribution in [0.2, 0.25) is 0 Å². The second kappa shape index (κ2) is 10.9. The van der Waals surface area contributed by atoms with E-state index in [1.54, 1.807) is 35.0 Å². The second-order valence-corrected chi connectivity index (χ2v) is 7.79. The van der Waals surface area contributed by atoms with Crippen molar-refractivity contribution >= 4 is 34.4 Å². The maximum atomic E-state index is 13.2. The van der Waals surface area contributed by atoms with E-state index >= 15 is 0 Å². The molecule has 0 saturated carbocycles. The predicted molar refractivity (Wildman–Crippen MR) is 132 cm³/mol. The average molecular weight is 454 g/mol. The smallest absolute Gasteiger partial charge is 0.144 e. The molecule has 6 nitrogen and oxygen atoms in total. The maximum Gasteiger partial charge on any atom is 0.144 e. The van der Waals surface area contributed by atoms with Crippen LogP contribution in [0.1, 0.15) is 26.3 Å². The number of aryl methyl sites for hydroxylation is 1. The molecule has 0 aliphatic rings. The molecule has 0 amide bonds. The molecule has 8 heteroatoms. The van der Waals surface area contributed by atoms with Crippen molar-refractivity contribution in [3.8, 4) is 17.0 Å². The van der Waals surface area contributed by atoms with Gasteiger partial charge >= 0.3 is 0 Å². The number of rotatable bonds is 7. The lowest BCUT2D eigenvalue weighted by atomic mass is 10.1. The first-order valence-corrected chi connectivity index (χ1v) is 11.5. The summed E-state index contributed by atoms with van der Waals surface area (Å²) in [7, 11) is 1.88. The van der Waals surface area contributed by atoms with Gasteiger partial charge in [-0.3, -0.25) is 4.68 Å². The third kappa shape index (κ3) is 5.13. The number of halogens is 1. The van der Waals surface area contributed by atoms with E-state index in [2.05, 4.69) is 21.7 Å². The predicted octanol–water partition coefficient (Wildman–Crippen LogP) is 6.04. The van der Waals surface area contributed by atoms with E-state index in [1.807, 2.05) is 45.2 Å². The standard InChI is InChI=1S/C22H22FN5OS.C2H6/c1-3-30-27-17-9-6-15(12-19(17)29-13-14-4-7-16(23)8-5-14)21-20-18(28(2)26-21)10-11-25-22(20)24;1-2/h4-12,27H,3,13H2,1-2H3,(H2,24,25);1-2H3. The van der Waals surface area contributed by atoms with Crippen molar-refractivity contribution in [2.24, 2.45) is 7.05 Å². The molecule has 2 aromatic carbocycles. The average Bonchev–Trinajstić information content (AvgIpc) is 3.16. The van der Waals surface area contributed by atoms with E-state index in [9.17, 15) is 4.39 Å². The summed E-state index contributed by atoms with van der Waals surface area (Å²) < 4.78 is 24.4. The van der Waals surface area contributed by atoms with Crippen LogP contribution in [0.25, 0.3) is 22.2 Å². The zero-order valence-electron chi connectivity index (χ0n) is 18.7. The van der Waals surface area contributed by atoms with Crippen molar-refractivity contribution in [2.75, 3.05) is 16.2 Å². The number of fused-ring (bicyclic) bond motifs is 1. The topological polar surface area (TPSA) is 78.0 Å². The molecular weight excluding hydrogens is 425 g/mol. The number of nitrogen functional groups attached to an aromatic ring is 1. The molecular formula is C24H28FN5OS. The molecule has 0 atom stereocenters. The van der Waals surface area contributed by atoms with Gasteiger partial charge in [0.1, 0.15) is 29.7 Å². The summed E-state index contributed by atoms with van der Waals surface area (Å²) in [6, 6.07) is 14.1. The van der Waals surface area contributed by atoms with Gasteiger partial charge in [-0.2, -0.15) is 5.10 Å². The molecule has 2 aromatic heterocycles. The minimum absolute atomic E-state index is 0.268. The first-order valence-electron chi connectivity index (χ1n) is 10.5. The molecule has 3 N–H and O–H groups in total. The molecule has 32 heavy (non-hydrogen) atoms. The van der Waals surface area contributed by atoms with Gasteiger partial charge in [-0.15, -0.1) is 0 Å². The number of hydrogen-bond acceptors (Lipinski definition) is 6. The number of nitrogens with one attached hydrogen (secondary N) is 1. The summed E-state index contributed by atoms with van der Waals surface area (Å²) in [5, 5.41) is 5.47. The zero-order valence-corrected chi connectivity index (χ0v) is 19.5. The van der Waals surface area contributed by atoms with Gasteiger partial charge in [0.2, 0.25) is 0 Å². The first kappa shape index (κ1) is 23.4. The maximum absolute atomic E-state index is 13.2. The first-order chi connectivity index (χ1) is 15.6. The Bertz CT molecular complexity index is 1180. The van der Waals surface area contributed by atoms with E-state index in [4.69, 9.17) is 10.5 Å². The lowest BCUT2D eigenvalue weighted by molar-refractivity contribution is 0.308. The van der Waals surface area contributed by atoms with Crippen LogP contribution < -0.4 is 15.2 Å². The quantitative estimate of drug-likeness (QED) is 0.332. The van der Waals surface area contributed by atoms with Crippen molar-refractivity contribution in [1.29, 1.82) is 0 Å². The number of nitrogens with zero attached hydrogens (tertiary/aromatic N) is 3. The molecule has 0 saturated heterocycles. The lowest BCUT2D eigenvalue weighted by Crippen LogP contribution is -1.99. The molecule has 4 aromatic rings. The van der Waals surface area contributed by atoms with Gasteiger partial charge in [-0.1, -0.05) is 50.9 Å². The van der Waals surface area contributed by atoms with E-state index in [1.165, 1.54) is 12.1 Å². The Morgan fingerprint density at radius 2 is 1.88 bits per heavy atom. The van der Waals surface area contributed by atoms with Crippen molar-refractivity contribution in [1.82, 2.24) is 14.8 Å². The Kier molecular flexibility index (Phi) is 7.94. The van der Waals surface area contributed by atoms with Crippen LogP contribution >= 0.6 is 11.9 Å². The van der Waals surface area contributed by atoms with E-state index in [0.29, 0.717) is 18.2 Å². The van der Waals surface area contributed by atoms with Gasteiger partial charge < -0.3 is 15.2 Å². The molecule has 0 aliphatic carbocycles. The van der Waals surface area contributed by atoms with Crippen LogP contribution in [0.15, 0.2) is 54.7 Å².